The zero-order valence-corrected chi connectivity index (χ0v) is 19.0. The number of aromatic amines is 1. The molecule has 3 aromatic rings. The fraction of sp³-hybridized carbons (Fsp3) is 0.455. The van der Waals surface area contributed by atoms with E-state index in [-0.39, 0.29) is 22.5 Å². The summed E-state index contributed by atoms with van der Waals surface area (Å²) in [6, 6.07) is 4.99. The smallest absolute Gasteiger partial charge is 0.271 e. The van der Waals surface area contributed by atoms with E-state index in [0.29, 0.717) is 33.6 Å². The third-order valence-corrected chi connectivity index (χ3v) is 7.22. The van der Waals surface area contributed by atoms with Gasteiger partial charge in [-0.15, -0.1) is 0 Å². The minimum Gasteiger partial charge on any atom is -0.378 e. The molecule has 0 spiro atoms. The molecule has 1 saturated carbocycles. The highest BCUT2D eigenvalue weighted by atomic mass is 32.2. The van der Waals surface area contributed by atoms with Crippen molar-refractivity contribution in [3.05, 3.63) is 40.0 Å². The first kappa shape index (κ1) is 21.6. The number of aromatic nitrogens is 2. The molecular weight excluding hydrogens is 416 g/mol. The van der Waals surface area contributed by atoms with E-state index in [1.807, 2.05) is 13.8 Å². The number of hydrogen-bond donors (Lipinski definition) is 3. The lowest BCUT2D eigenvalue weighted by Gasteiger charge is -2.17. The third kappa shape index (κ3) is 4.24. The van der Waals surface area contributed by atoms with Crippen molar-refractivity contribution in [2.24, 2.45) is 0 Å². The lowest BCUT2D eigenvalue weighted by molar-refractivity contribution is 0.393. The van der Waals surface area contributed by atoms with Gasteiger partial charge in [0, 0.05) is 23.0 Å². The van der Waals surface area contributed by atoms with Crippen LogP contribution in [0, 0.1) is 13.8 Å². The normalized spacial score (nSPS) is 15.3. The highest BCUT2D eigenvalue weighted by Gasteiger charge is 2.26. The number of benzene rings is 1. The molecule has 0 radical (unpaired) electrons. The number of sulfonamides is 1. The van der Waals surface area contributed by atoms with E-state index in [1.54, 1.807) is 32.0 Å². The monoisotopic (exact) mass is 444 g/mol. The molecule has 0 saturated heterocycles. The molecule has 1 aliphatic rings. The fourth-order valence-corrected chi connectivity index (χ4v) is 5.83. The summed E-state index contributed by atoms with van der Waals surface area (Å²) in [5.74, 6) is 0.587. The molecule has 0 aliphatic heterocycles. The fourth-order valence-electron chi connectivity index (χ4n) is 4.29. The predicted molar refractivity (Wildman–Crippen MR) is 121 cm³/mol. The van der Waals surface area contributed by atoms with Gasteiger partial charge in [-0.3, -0.25) is 4.79 Å². The standard InChI is InChI=1S/C22H28N4O4S/c1-12(2)23-19-11-17-18(24-22(19)27)9-15(21-13(3)25-30-14(21)4)10-20(17)31(28,29)26-16-7-5-6-8-16/h9-12,16,23,26H,5-8H2,1-4H3,(H,24,27). The predicted octanol–water partition coefficient (Wildman–Crippen LogP) is 3.84. The Hall–Kier alpha value is -2.65. The second-order valence-corrected chi connectivity index (χ2v) is 10.2. The Bertz CT molecular complexity index is 1270. The number of fused-ring (bicyclic) bond motifs is 1. The van der Waals surface area contributed by atoms with Crippen LogP contribution < -0.4 is 15.6 Å². The first-order valence-electron chi connectivity index (χ1n) is 10.6. The summed E-state index contributed by atoms with van der Waals surface area (Å²) in [6.07, 6.45) is 3.70. The van der Waals surface area contributed by atoms with Gasteiger partial charge in [0.2, 0.25) is 10.0 Å². The van der Waals surface area contributed by atoms with Gasteiger partial charge in [0.05, 0.1) is 16.1 Å². The van der Waals surface area contributed by atoms with Crippen molar-refractivity contribution in [1.29, 1.82) is 0 Å². The number of aryl methyl sites for hydroxylation is 2. The van der Waals surface area contributed by atoms with E-state index in [0.717, 1.165) is 31.2 Å². The number of rotatable bonds is 6. The average Bonchev–Trinajstić information content (AvgIpc) is 3.30. The molecule has 0 unspecified atom stereocenters. The molecule has 9 heteroatoms. The van der Waals surface area contributed by atoms with Crippen molar-refractivity contribution < 1.29 is 12.9 Å². The molecule has 2 aromatic heterocycles. The van der Waals surface area contributed by atoms with E-state index in [2.05, 4.69) is 20.2 Å². The number of nitrogens with zero attached hydrogens (tertiary/aromatic N) is 1. The van der Waals surface area contributed by atoms with Crippen LogP contribution >= 0.6 is 0 Å². The summed E-state index contributed by atoms with van der Waals surface area (Å²) in [7, 11) is -3.82. The van der Waals surface area contributed by atoms with Crippen LogP contribution in [-0.4, -0.2) is 30.6 Å². The van der Waals surface area contributed by atoms with Crippen LogP contribution in [0.4, 0.5) is 5.69 Å². The molecular formula is C22H28N4O4S. The maximum absolute atomic E-state index is 13.4. The summed E-state index contributed by atoms with van der Waals surface area (Å²) >= 11 is 0. The number of pyridine rings is 1. The van der Waals surface area contributed by atoms with E-state index >= 15 is 0 Å². The molecule has 166 valence electrons. The first-order chi connectivity index (χ1) is 14.7. The topological polar surface area (TPSA) is 117 Å². The molecule has 0 bridgehead atoms. The van der Waals surface area contributed by atoms with Crippen molar-refractivity contribution in [2.45, 2.75) is 70.4 Å². The van der Waals surface area contributed by atoms with Gasteiger partial charge >= 0.3 is 0 Å². The van der Waals surface area contributed by atoms with Crippen LogP contribution in [0.2, 0.25) is 0 Å². The van der Waals surface area contributed by atoms with Gasteiger partial charge in [-0.05, 0) is 64.3 Å². The third-order valence-electron chi connectivity index (χ3n) is 5.66. The van der Waals surface area contributed by atoms with Crippen LogP contribution in [-0.2, 0) is 10.0 Å². The Morgan fingerprint density at radius 1 is 1.16 bits per heavy atom. The lowest BCUT2D eigenvalue weighted by Crippen LogP contribution is -2.33. The van der Waals surface area contributed by atoms with E-state index < -0.39 is 10.0 Å². The molecule has 0 amide bonds. The Balaban J connectivity index is 1.96. The van der Waals surface area contributed by atoms with Gasteiger partial charge in [-0.2, -0.15) is 0 Å². The van der Waals surface area contributed by atoms with Crippen LogP contribution in [0.15, 0.2) is 32.4 Å². The van der Waals surface area contributed by atoms with Crippen molar-refractivity contribution in [3.63, 3.8) is 0 Å². The summed E-state index contributed by atoms with van der Waals surface area (Å²) in [5, 5.41) is 7.55. The molecule has 4 rings (SSSR count). The molecule has 1 fully saturated rings. The summed E-state index contributed by atoms with van der Waals surface area (Å²) in [4.78, 5) is 15.6. The first-order valence-corrected chi connectivity index (χ1v) is 12.1. The van der Waals surface area contributed by atoms with Gasteiger partial charge in [-0.1, -0.05) is 18.0 Å². The molecule has 3 N–H and O–H groups in total. The number of anilines is 1. The Kier molecular flexibility index (Phi) is 5.65. The molecule has 2 heterocycles. The van der Waals surface area contributed by atoms with E-state index in [9.17, 15) is 13.2 Å². The van der Waals surface area contributed by atoms with Crippen LogP contribution in [0.1, 0.15) is 51.0 Å². The van der Waals surface area contributed by atoms with Crippen molar-refractivity contribution in [3.8, 4) is 11.1 Å². The highest BCUT2D eigenvalue weighted by Crippen LogP contribution is 2.34. The maximum Gasteiger partial charge on any atom is 0.271 e. The Labute approximate surface area is 181 Å². The van der Waals surface area contributed by atoms with Gasteiger partial charge in [0.15, 0.2) is 0 Å². The van der Waals surface area contributed by atoms with Crippen LogP contribution in [0.25, 0.3) is 22.0 Å². The quantitative estimate of drug-likeness (QED) is 0.532. The molecule has 1 aromatic carbocycles. The van der Waals surface area contributed by atoms with Crippen molar-refractivity contribution in [2.75, 3.05) is 5.32 Å². The van der Waals surface area contributed by atoms with E-state index in [1.165, 1.54) is 0 Å². The zero-order valence-electron chi connectivity index (χ0n) is 18.2. The number of H-pyrrole nitrogens is 1. The Morgan fingerprint density at radius 3 is 2.48 bits per heavy atom. The highest BCUT2D eigenvalue weighted by molar-refractivity contribution is 7.89. The number of hydrogen-bond acceptors (Lipinski definition) is 6. The second-order valence-electron chi connectivity index (χ2n) is 8.55. The van der Waals surface area contributed by atoms with Gasteiger partial charge in [0.1, 0.15) is 11.4 Å². The SMILES string of the molecule is Cc1noc(C)c1-c1cc(S(=O)(=O)NC2CCCC2)c2cc(NC(C)C)c(=O)[nH]c2c1. The molecule has 8 nitrogen and oxygen atoms in total. The molecule has 0 atom stereocenters. The summed E-state index contributed by atoms with van der Waals surface area (Å²) < 4.78 is 35.0. The molecule has 1 aliphatic carbocycles. The number of nitrogens with one attached hydrogen (secondary N) is 3. The van der Waals surface area contributed by atoms with Crippen LogP contribution in [0.3, 0.4) is 0 Å². The second kappa shape index (κ2) is 8.12. The largest absolute Gasteiger partial charge is 0.378 e. The minimum absolute atomic E-state index is 0.0248. The van der Waals surface area contributed by atoms with Gasteiger partial charge < -0.3 is 14.8 Å². The maximum atomic E-state index is 13.4. The van der Waals surface area contributed by atoms with Crippen molar-refractivity contribution in [1.82, 2.24) is 14.9 Å². The average molecular weight is 445 g/mol. The summed E-state index contributed by atoms with van der Waals surface area (Å²) in [5.41, 5.74) is 2.50. The van der Waals surface area contributed by atoms with Gasteiger partial charge in [0.25, 0.3) is 5.56 Å². The van der Waals surface area contributed by atoms with Crippen LogP contribution in [0.5, 0.6) is 0 Å². The van der Waals surface area contributed by atoms with Crippen molar-refractivity contribution >= 4 is 26.6 Å². The summed E-state index contributed by atoms with van der Waals surface area (Å²) in [6.45, 7) is 7.43. The zero-order chi connectivity index (χ0) is 22.3. The Morgan fingerprint density at radius 2 is 1.87 bits per heavy atom. The van der Waals surface area contributed by atoms with E-state index in [4.69, 9.17) is 4.52 Å². The van der Waals surface area contributed by atoms with Gasteiger partial charge in [-0.25, -0.2) is 13.1 Å². The lowest BCUT2D eigenvalue weighted by atomic mass is 10.0. The molecule has 31 heavy (non-hydrogen) atoms. The minimum atomic E-state index is -3.82.